The van der Waals surface area contributed by atoms with Gasteiger partial charge in [-0.25, -0.2) is 4.98 Å². The van der Waals surface area contributed by atoms with Crippen molar-refractivity contribution in [3.63, 3.8) is 0 Å². The molecule has 0 fully saturated rings. The first-order chi connectivity index (χ1) is 14.0. The Morgan fingerprint density at radius 2 is 1.83 bits per heavy atom. The standard InChI is InChI=1S/C20H18F4N4O2/c1-19(2,20(22,23)24)14-10-16(28-30-14)27-17(29)9-11-3-5-12(6-4-11)13-7-8-15(25)26-18(13)21/h3-8,10H,9H2,1-2H3,(H2,25,26)(H,27,28,29)/p+1. The minimum Gasteiger partial charge on any atom is -0.358 e. The number of benzene rings is 1. The summed E-state index contributed by atoms with van der Waals surface area (Å²) in [6.45, 7) is 1.92. The molecule has 0 atom stereocenters. The molecule has 0 unspecified atom stereocenters. The summed E-state index contributed by atoms with van der Waals surface area (Å²) < 4.78 is 57.9. The van der Waals surface area contributed by atoms with Gasteiger partial charge in [-0.2, -0.15) is 17.6 Å². The van der Waals surface area contributed by atoms with Crippen LogP contribution in [0.5, 0.6) is 0 Å². The number of halogens is 4. The first kappa shape index (κ1) is 21.3. The van der Waals surface area contributed by atoms with Gasteiger partial charge in [0.1, 0.15) is 5.41 Å². The molecule has 158 valence electrons. The van der Waals surface area contributed by atoms with Crippen LogP contribution in [-0.4, -0.2) is 17.2 Å². The molecule has 0 saturated carbocycles. The van der Waals surface area contributed by atoms with Crippen molar-refractivity contribution < 1.29 is 31.9 Å². The third-order valence-electron chi connectivity index (χ3n) is 4.65. The maximum atomic E-state index is 14.0. The van der Waals surface area contributed by atoms with Crippen LogP contribution >= 0.6 is 0 Å². The summed E-state index contributed by atoms with van der Waals surface area (Å²) in [5, 5.41) is 5.89. The van der Waals surface area contributed by atoms with Crippen molar-refractivity contribution in [1.82, 2.24) is 5.16 Å². The number of aromatic nitrogens is 2. The van der Waals surface area contributed by atoms with E-state index in [-0.39, 0.29) is 18.1 Å². The van der Waals surface area contributed by atoms with Gasteiger partial charge >= 0.3 is 6.18 Å². The number of aromatic amines is 1. The molecule has 2 heterocycles. The molecule has 2 aromatic heterocycles. The molecular formula is C20H19F4N4O2+. The predicted octanol–water partition coefficient (Wildman–Crippen LogP) is 3.90. The van der Waals surface area contributed by atoms with Crippen LogP contribution in [0.25, 0.3) is 11.1 Å². The first-order valence-corrected chi connectivity index (χ1v) is 8.88. The van der Waals surface area contributed by atoms with E-state index in [4.69, 9.17) is 10.3 Å². The summed E-state index contributed by atoms with van der Waals surface area (Å²) in [5.41, 5.74) is 4.77. The number of anilines is 2. The van der Waals surface area contributed by atoms with Gasteiger partial charge in [0.25, 0.3) is 11.8 Å². The Balaban J connectivity index is 1.66. The van der Waals surface area contributed by atoms with Crippen LogP contribution in [0.15, 0.2) is 47.0 Å². The average molecular weight is 423 g/mol. The molecule has 0 aliphatic heterocycles. The molecule has 1 aromatic carbocycles. The number of nitrogen functional groups attached to an aromatic ring is 1. The van der Waals surface area contributed by atoms with E-state index >= 15 is 0 Å². The minimum atomic E-state index is -4.53. The number of amides is 1. The number of alkyl halides is 3. The molecule has 3 aromatic rings. The Hall–Kier alpha value is -3.43. The van der Waals surface area contributed by atoms with E-state index in [1.807, 2.05) is 0 Å². The summed E-state index contributed by atoms with van der Waals surface area (Å²) in [6, 6.07) is 10.7. The number of carbonyl (C=O) groups is 1. The van der Waals surface area contributed by atoms with Gasteiger partial charge in [-0.1, -0.05) is 29.4 Å². The predicted molar refractivity (Wildman–Crippen MR) is 101 cm³/mol. The highest BCUT2D eigenvalue weighted by molar-refractivity contribution is 5.91. The van der Waals surface area contributed by atoms with Gasteiger partial charge in [0.2, 0.25) is 5.91 Å². The fraction of sp³-hybridized carbons (Fsp3) is 0.250. The van der Waals surface area contributed by atoms with Gasteiger partial charge < -0.3 is 9.84 Å². The number of nitrogens with two attached hydrogens (primary N) is 1. The van der Waals surface area contributed by atoms with E-state index in [1.165, 1.54) is 12.1 Å². The number of hydrogen-bond donors (Lipinski definition) is 2. The number of hydrogen-bond acceptors (Lipinski definition) is 4. The Morgan fingerprint density at radius 3 is 2.43 bits per heavy atom. The van der Waals surface area contributed by atoms with Gasteiger partial charge in [0.05, 0.1) is 12.0 Å². The van der Waals surface area contributed by atoms with Crippen LogP contribution < -0.4 is 16.0 Å². The Kier molecular flexibility index (Phi) is 5.51. The summed E-state index contributed by atoms with van der Waals surface area (Å²) in [7, 11) is 0. The van der Waals surface area contributed by atoms with Crippen molar-refractivity contribution >= 4 is 17.5 Å². The van der Waals surface area contributed by atoms with Gasteiger partial charge in [-0.3, -0.25) is 10.5 Å². The zero-order valence-electron chi connectivity index (χ0n) is 16.1. The molecule has 0 spiro atoms. The molecule has 6 nitrogen and oxygen atoms in total. The Morgan fingerprint density at radius 1 is 1.17 bits per heavy atom. The zero-order valence-corrected chi connectivity index (χ0v) is 16.1. The molecular weight excluding hydrogens is 404 g/mol. The minimum absolute atomic E-state index is 0.0541. The molecule has 0 aliphatic carbocycles. The van der Waals surface area contributed by atoms with Crippen LogP contribution in [0.1, 0.15) is 25.2 Å². The fourth-order valence-electron chi connectivity index (χ4n) is 2.65. The number of rotatable bonds is 5. The molecule has 3 rings (SSSR count). The van der Waals surface area contributed by atoms with Crippen molar-refractivity contribution in [1.29, 1.82) is 0 Å². The second kappa shape index (κ2) is 7.77. The zero-order chi connectivity index (χ0) is 22.1. The van der Waals surface area contributed by atoms with Crippen molar-refractivity contribution in [2.24, 2.45) is 0 Å². The summed E-state index contributed by atoms with van der Waals surface area (Å²) in [5.74, 6) is -1.39. The summed E-state index contributed by atoms with van der Waals surface area (Å²) >= 11 is 0. The van der Waals surface area contributed by atoms with E-state index in [9.17, 15) is 22.4 Å². The average Bonchev–Trinajstić information content (AvgIpc) is 3.11. The second-order valence-electron chi connectivity index (χ2n) is 7.26. The lowest BCUT2D eigenvalue weighted by Crippen LogP contribution is -2.35. The van der Waals surface area contributed by atoms with E-state index < -0.39 is 29.2 Å². The lowest BCUT2D eigenvalue weighted by molar-refractivity contribution is -0.404. The van der Waals surface area contributed by atoms with Crippen LogP contribution in [0.2, 0.25) is 0 Å². The van der Waals surface area contributed by atoms with E-state index in [0.717, 1.165) is 19.9 Å². The van der Waals surface area contributed by atoms with Gasteiger partial charge in [-0.15, -0.1) is 0 Å². The van der Waals surface area contributed by atoms with Crippen molar-refractivity contribution in [3.05, 3.63) is 59.7 Å². The normalized spacial score (nSPS) is 12.1. The third kappa shape index (κ3) is 4.42. The lowest BCUT2D eigenvalue weighted by Gasteiger charge is -2.24. The quantitative estimate of drug-likeness (QED) is 0.481. The highest BCUT2D eigenvalue weighted by Crippen LogP contribution is 2.41. The molecule has 10 heteroatoms. The molecule has 0 bridgehead atoms. The van der Waals surface area contributed by atoms with Gasteiger partial charge in [0.15, 0.2) is 11.6 Å². The molecule has 0 aliphatic rings. The maximum absolute atomic E-state index is 14.0. The maximum Gasteiger partial charge on any atom is 0.401 e. The van der Waals surface area contributed by atoms with Crippen LogP contribution in [0, 0.1) is 5.95 Å². The highest BCUT2D eigenvalue weighted by Gasteiger charge is 2.51. The summed E-state index contributed by atoms with van der Waals surface area (Å²) in [4.78, 5) is 14.6. The summed E-state index contributed by atoms with van der Waals surface area (Å²) in [6.07, 6.45) is -4.58. The third-order valence-corrected chi connectivity index (χ3v) is 4.65. The number of H-pyrrole nitrogens is 1. The number of nitrogens with one attached hydrogen (secondary N) is 2. The number of nitrogens with zero attached hydrogens (tertiary/aromatic N) is 1. The second-order valence-corrected chi connectivity index (χ2v) is 7.26. The first-order valence-electron chi connectivity index (χ1n) is 8.88. The van der Waals surface area contributed by atoms with Gasteiger partial charge in [0, 0.05) is 12.1 Å². The van der Waals surface area contributed by atoms with Crippen LogP contribution in [-0.2, 0) is 16.6 Å². The molecule has 0 saturated heterocycles. The highest BCUT2D eigenvalue weighted by atomic mass is 19.4. The molecule has 4 N–H and O–H groups in total. The molecule has 0 radical (unpaired) electrons. The van der Waals surface area contributed by atoms with E-state index in [2.05, 4.69) is 15.5 Å². The lowest BCUT2D eigenvalue weighted by atomic mass is 9.89. The smallest absolute Gasteiger partial charge is 0.358 e. The largest absolute Gasteiger partial charge is 0.401 e. The SMILES string of the molecule is CC(C)(c1cc(NC(=O)Cc2ccc(-c3ccc(N)[nH+]c3F)cc2)no1)C(F)(F)F. The van der Waals surface area contributed by atoms with Crippen molar-refractivity contribution in [3.8, 4) is 11.1 Å². The van der Waals surface area contributed by atoms with Crippen LogP contribution in [0.4, 0.5) is 29.2 Å². The molecule has 1 amide bonds. The number of pyridine rings is 1. The fourth-order valence-corrected chi connectivity index (χ4v) is 2.65. The van der Waals surface area contributed by atoms with Crippen molar-refractivity contribution in [2.45, 2.75) is 31.9 Å². The Bertz CT molecular complexity index is 1060. The van der Waals surface area contributed by atoms with Crippen molar-refractivity contribution in [2.75, 3.05) is 11.1 Å². The van der Waals surface area contributed by atoms with Gasteiger partial charge in [-0.05, 0) is 31.0 Å². The monoisotopic (exact) mass is 423 g/mol. The van der Waals surface area contributed by atoms with Crippen LogP contribution in [0.3, 0.4) is 0 Å². The number of carbonyl (C=O) groups excluding carboxylic acids is 1. The molecule has 30 heavy (non-hydrogen) atoms. The van der Waals surface area contributed by atoms with E-state index in [0.29, 0.717) is 16.7 Å². The van der Waals surface area contributed by atoms with E-state index in [1.54, 1.807) is 24.3 Å². The topological polar surface area (TPSA) is 95.3 Å². The Labute approximate surface area is 169 Å².